The maximum atomic E-state index is 12.2. The Morgan fingerprint density at radius 1 is 1.13 bits per heavy atom. The second kappa shape index (κ2) is 6.12. The van der Waals surface area contributed by atoms with E-state index in [1.807, 2.05) is 56.3 Å². The number of benzene rings is 2. The van der Waals surface area contributed by atoms with Crippen LogP contribution in [0.15, 0.2) is 47.3 Å². The van der Waals surface area contributed by atoms with Gasteiger partial charge in [0.25, 0.3) is 5.91 Å². The quantitative estimate of drug-likeness (QED) is 0.777. The van der Waals surface area contributed by atoms with E-state index in [0.29, 0.717) is 18.7 Å². The summed E-state index contributed by atoms with van der Waals surface area (Å²) in [6.45, 7) is 4.82. The molecule has 3 aromatic rings. The molecule has 0 aliphatic carbocycles. The molecule has 0 spiro atoms. The van der Waals surface area contributed by atoms with E-state index in [0.717, 1.165) is 22.2 Å². The first-order valence-corrected chi connectivity index (χ1v) is 7.59. The van der Waals surface area contributed by atoms with E-state index in [2.05, 4.69) is 10.3 Å². The molecule has 0 saturated carbocycles. The molecular formula is C18H19N3O2. The van der Waals surface area contributed by atoms with Gasteiger partial charge in [-0.05, 0) is 49.2 Å². The number of H-pyrrole nitrogens is 1. The number of carbonyl (C=O) groups excluding carboxylic acids is 1. The number of rotatable bonds is 4. The fourth-order valence-electron chi connectivity index (χ4n) is 2.59. The van der Waals surface area contributed by atoms with E-state index in [1.165, 1.54) is 0 Å². The second-order valence-electron chi connectivity index (χ2n) is 5.65. The van der Waals surface area contributed by atoms with Crippen molar-refractivity contribution in [2.45, 2.75) is 20.4 Å². The average molecular weight is 309 g/mol. The van der Waals surface area contributed by atoms with Crippen molar-refractivity contribution in [3.63, 3.8) is 0 Å². The van der Waals surface area contributed by atoms with Gasteiger partial charge in [0.2, 0.25) is 0 Å². The molecule has 0 fully saturated rings. The van der Waals surface area contributed by atoms with Crippen molar-refractivity contribution in [1.82, 2.24) is 14.9 Å². The van der Waals surface area contributed by atoms with Gasteiger partial charge in [0.15, 0.2) is 0 Å². The van der Waals surface area contributed by atoms with Crippen molar-refractivity contribution in [2.24, 2.45) is 0 Å². The number of hydrogen-bond acceptors (Lipinski definition) is 2. The number of para-hydroxylation sites is 2. The highest BCUT2D eigenvalue weighted by molar-refractivity contribution is 5.94. The van der Waals surface area contributed by atoms with Crippen LogP contribution in [0.1, 0.15) is 21.5 Å². The van der Waals surface area contributed by atoms with Gasteiger partial charge in [-0.2, -0.15) is 0 Å². The van der Waals surface area contributed by atoms with Crippen LogP contribution in [0.3, 0.4) is 0 Å². The first kappa shape index (κ1) is 15.1. The molecule has 0 saturated heterocycles. The Morgan fingerprint density at radius 3 is 2.70 bits per heavy atom. The Labute approximate surface area is 134 Å². The van der Waals surface area contributed by atoms with Gasteiger partial charge >= 0.3 is 5.69 Å². The molecule has 2 aromatic carbocycles. The molecule has 0 atom stereocenters. The van der Waals surface area contributed by atoms with E-state index in [1.54, 1.807) is 4.57 Å². The smallest absolute Gasteiger partial charge is 0.326 e. The summed E-state index contributed by atoms with van der Waals surface area (Å²) >= 11 is 0. The zero-order valence-electron chi connectivity index (χ0n) is 13.2. The summed E-state index contributed by atoms with van der Waals surface area (Å²) in [5, 5.41) is 2.86. The molecular weight excluding hydrogens is 290 g/mol. The van der Waals surface area contributed by atoms with Crippen LogP contribution in [0, 0.1) is 13.8 Å². The fourth-order valence-corrected chi connectivity index (χ4v) is 2.59. The molecule has 23 heavy (non-hydrogen) atoms. The van der Waals surface area contributed by atoms with Crippen molar-refractivity contribution >= 4 is 16.9 Å². The van der Waals surface area contributed by atoms with Gasteiger partial charge in [-0.1, -0.05) is 18.2 Å². The van der Waals surface area contributed by atoms with Crippen LogP contribution in [0.2, 0.25) is 0 Å². The molecule has 1 heterocycles. The number of aromatic amines is 1. The zero-order chi connectivity index (χ0) is 16.4. The highest BCUT2D eigenvalue weighted by Crippen LogP contribution is 2.10. The van der Waals surface area contributed by atoms with Crippen molar-refractivity contribution < 1.29 is 4.79 Å². The highest BCUT2D eigenvalue weighted by Gasteiger charge is 2.08. The van der Waals surface area contributed by atoms with E-state index in [-0.39, 0.29) is 11.6 Å². The summed E-state index contributed by atoms with van der Waals surface area (Å²) in [5.74, 6) is -0.124. The number of hydrogen-bond donors (Lipinski definition) is 2. The van der Waals surface area contributed by atoms with Crippen LogP contribution >= 0.6 is 0 Å². The number of fused-ring (bicyclic) bond motifs is 1. The van der Waals surface area contributed by atoms with Gasteiger partial charge in [0.1, 0.15) is 0 Å². The van der Waals surface area contributed by atoms with Gasteiger partial charge in [0, 0.05) is 18.7 Å². The zero-order valence-corrected chi connectivity index (χ0v) is 13.2. The lowest BCUT2D eigenvalue weighted by Gasteiger charge is -2.08. The number of amides is 1. The van der Waals surface area contributed by atoms with Gasteiger partial charge in [0.05, 0.1) is 11.0 Å². The summed E-state index contributed by atoms with van der Waals surface area (Å²) in [6.07, 6.45) is 0. The lowest BCUT2D eigenvalue weighted by Crippen LogP contribution is -2.30. The van der Waals surface area contributed by atoms with Crippen LogP contribution in [-0.2, 0) is 6.54 Å². The van der Waals surface area contributed by atoms with E-state index in [9.17, 15) is 9.59 Å². The van der Waals surface area contributed by atoms with Gasteiger partial charge in [-0.15, -0.1) is 0 Å². The predicted molar refractivity (Wildman–Crippen MR) is 90.8 cm³/mol. The summed E-state index contributed by atoms with van der Waals surface area (Å²) in [5.41, 5.74) is 4.37. The van der Waals surface area contributed by atoms with Gasteiger partial charge in [-0.25, -0.2) is 4.79 Å². The molecule has 5 heteroatoms. The largest absolute Gasteiger partial charge is 0.350 e. The molecule has 5 nitrogen and oxygen atoms in total. The lowest BCUT2D eigenvalue weighted by molar-refractivity contribution is 0.0952. The number of aromatic nitrogens is 2. The SMILES string of the molecule is Cc1ccc(C(=O)NCCn2c(=O)[nH]c3ccccc32)cc1C. The molecule has 1 aromatic heterocycles. The monoisotopic (exact) mass is 309 g/mol. The number of nitrogens with zero attached hydrogens (tertiary/aromatic N) is 1. The molecule has 0 radical (unpaired) electrons. The van der Waals surface area contributed by atoms with E-state index < -0.39 is 0 Å². The Hall–Kier alpha value is -2.82. The van der Waals surface area contributed by atoms with Gasteiger partial charge in [-0.3, -0.25) is 9.36 Å². The molecule has 3 rings (SSSR count). The normalized spacial score (nSPS) is 10.9. The van der Waals surface area contributed by atoms with E-state index in [4.69, 9.17) is 0 Å². The Morgan fingerprint density at radius 2 is 1.91 bits per heavy atom. The average Bonchev–Trinajstić information content (AvgIpc) is 2.86. The van der Waals surface area contributed by atoms with Crippen molar-refractivity contribution in [3.8, 4) is 0 Å². The lowest BCUT2D eigenvalue weighted by atomic mass is 10.1. The molecule has 2 N–H and O–H groups in total. The maximum absolute atomic E-state index is 12.2. The predicted octanol–water partition coefficient (Wildman–Crippen LogP) is 2.38. The van der Waals surface area contributed by atoms with Crippen molar-refractivity contribution in [2.75, 3.05) is 6.54 Å². The number of imidazole rings is 1. The molecule has 0 aliphatic rings. The topological polar surface area (TPSA) is 66.9 Å². The summed E-state index contributed by atoms with van der Waals surface area (Å²) < 4.78 is 1.63. The van der Waals surface area contributed by atoms with E-state index >= 15 is 0 Å². The molecule has 118 valence electrons. The molecule has 1 amide bonds. The Bertz CT molecular complexity index is 921. The Balaban J connectivity index is 1.69. The van der Waals surface area contributed by atoms with Crippen LogP contribution in [0.5, 0.6) is 0 Å². The summed E-state index contributed by atoms with van der Waals surface area (Å²) in [4.78, 5) is 26.9. The minimum atomic E-state index is -0.161. The highest BCUT2D eigenvalue weighted by atomic mass is 16.2. The standard InChI is InChI=1S/C18H19N3O2/c1-12-7-8-14(11-13(12)2)17(22)19-9-10-21-16-6-4-3-5-15(16)20-18(21)23/h3-8,11H,9-10H2,1-2H3,(H,19,22)(H,20,23). The number of nitrogens with one attached hydrogen (secondary N) is 2. The third kappa shape index (κ3) is 3.04. The minimum absolute atomic E-state index is 0.124. The van der Waals surface area contributed by atoms with Crippen molar-refractivity contribution in [3.05, 3.63) is 69.6 Å². The Kier molecular flexibility index (Phi) is 4.02. The first-order valence-electron chi connectivity index (χ1n) is 7.59. The molecule has 0 aliphatic heterocycles. The van der Waals surface area contributed by atoms with Gasteiger partial charge < -0.3 is 10.3 Å². The maximum Gasteiger partial charge on any atom is 0.326 e. The third-order valence-electron chi connectivity index (χ3n) is 4.07. The first-order chi connectivity index (χ1) is 11.1. The van der Waals surface area contributed by atoms with Crippen LogP contribution in [0.4, 0.5) is 0 Å². The fraction of sp³-hybridized carbons (Fsp3) is 0.222. The van der Waals surface area contributed by atoms with Crippen LogP contribution < -0.4 is 11.0 Å². The molecule has 0 unspecified atom stereocenters. The van der Waals surface area contributed by atoms with Crippen LogP contribution in [0.25, 0.3) is 11.0 Å². The summed E-state index contributed by atoms with van der Waals surface area (Å²) in [7, 11) is 0. The summed E-state index contributed by atoms with van der Waals surface area (Å²) in [6, 6.07) is 13.1. The number of aryl methyl sites for hydroxylation is 2. The minimum Gasteiger partial charge on any atom is -0.350 e. The number of carbonyl (C=O) groups is 1. The third-order valence-corrected chi connectivity index (χ3v) is 4.07. The molecule has 0 bridgehead atoms. The second-order valence-corrected chi connectivity index (χ2v) is 5.65. The van der Waals surface area contributed by atoms with Crippen molar-refractivity contribution in [1.29, 1.82) is 0 Å². The van der Waals surface area contributed by atoms with Crippen LogP contribution in [-0.4, -0.2) is 22.0 Å².